The predicted octanol–water partition coefficient (Wildman–Crippen LogP) is 2.49. The second kappa shape index (κ2) is 7.45. The van der Waals surface area contributed by atoms with Gasteiger partial charge in [-0.25, -0.2) is 8.42 Å². The fourth-order valence-corrected chi connectivity index (χ4v) is 4.09. The van der Waals surface area contributed by atoms with Gasteiger partial charge in [0.2, 0.25) is 10.0 Å². The average molecular weight is 338 g/mol. The summed E-state index contributed by atoms with van der Waals surface area (Å²) < 4.78 is 27.0. The normalized spacial score (nSPS) is 17.4. The van der Waals surface area contributed by atoms with Gasteiger partial charge in [-0.1, -0.05) is 26.8 Å². The van der Waals surface area contributed by atoms with Gasteiger partial charge in [0.25, 0.3) is 5.91 Å². The summed E-state index contributed by atoms with van der Waals surface area (Å²) in [5.41, 5.74) is 0.386. The number of hydrogen-bond donors (Lipinski definition) is 1. The Balaban J connectivity index is 2.16. The zero-order valence-electron chi connectivity index (χ0n) is 14.1. The lowest BCUT2D eigenvalue weighted by Crippen LogP contribution is -2.38. The first-order valence-electron chi connectivity index (χ1n) is 8.19. The van der Waals surface area contributed by atoms with Crippen molar-refractivity contribution in [2.75, 3.05) is 19.6 Å². The maximum atomic E-state index is 12.7. The Morgan fingerprint density at radius 2 is 1.96 bits per heavy atom. The predicted molar refractivity (Wildman–Crippen MR) is 90.8 cm³/mol. The van der Waals surface area contributed by atoms with Crippen LogP contribution in [-0.2, 0) is 10.0 Å². The van der Waals surface area contributed by atoms with Crippen LogP contribution in [0.5, 0.6) is 0 Å². The Labute approximate surface area is 139 Å². The molecule has 1 saturated heterocycles. The van der Waals surface area contributed by atoms with Crippen LogP contribution in [0.2, 0.25) is 0 Å². The smallest absolute Gasteiger partial charge is 0.251 e. The quantitative estimate of drug-likeness (QED) is 0.897. The van der Waals surface area contributed by atoms with Gasteiger partial charge in [0, 0.05) is 25.2 Å². The molecule has 1 heterocycles. The van der Waals surface area contributed by atoms with Gasteiger partial charge in [0.1, 0.15) is 0 Å². The monoisotopic (exact) mass is 338 g/mol. The van der Waals surface area contributed by atoms with Crippen molar-refractivity contribution in [3.8, 4) is 0 Å². The van der Waals surface area contributed by atoms with Crippen molar-refractivity contribution in [1.29, 1.82) is 0 Å². The van der Waals surface area contributed by atoms with Gasteiger partial charge >= 0.3 is 0 Å². The maximum absolute atomic E-state index is 12.7. The van der Waals surface area contributed by atoms with Gasteiger partial charge in [0.05, 0.1) is 4.90 Å². The number of benzene rings is 1. The molecular weight excluding hydrogens is 312 g/mol. The highest BCUT2D eigenvalue weighted by Gasteiger charge is 2.28. The number of sulfonamides is 1. The summed E-state index contributed by atoms with van der Waals surface area (Å²) in [4.78, 5) is 12.3. The Hall–Kier alpha value is -1.40. The van der Waals surface area contributed by atoms with Crippen molar-refractivity contribution < 1.29 is 13.2 Å². The molecule has 0 unspecified atom stereocenters. The zero-order chi connectivity index (χ0) is 17.0. The molecule has 0 aromatic heterocycles. The SMILES string of the molecule is CC(C)CNC(=O)c1cccc(S(=O)(=O)N2CCC(C)CC2)c1. The lowest BCUT2D eigenvalue weighted by Gasteiger charge is -2.29. The van der Waals surface area contributed by atoms with E-state index >= 15 is 0 Å². The number of nitrogens with zero attached hydrogens (tertiary/aromatic N) is 1. The Morgan fingerprint density at radius 3 is 2.57 bits per heavy atom. The zero-order valence-corrected chi connectivity index (χ0v) is 14.9. The van der Waals surface area contributed by atoms with E-state index in [0.717, 1.165) is 12.8 Å². The van der Waals surface area contributed by atoms with Crippen LogP contribution in [0, 0.1) is 11.8 Å². The van der Waals surface area contributed by atoms with Crippen molar-refractivity contribution in [2.24, 2.45) is 11.8 Å². The third-order valence-corrected chi connectivity index (χ3v) is 6.04. The van der Waals surface area contributed by atoms with Gasteiger partial charge < -0.3 is 5.32 Å². The first-order chi connectivity index (χ1) is 10.8. The second-order valence-electron chi connectivity index (χ2n) is 6.72. The third kappa shape index (κ3) is 4.54. The number of hydrogen-bond acceptors (Lipinski definition) is 3. The van der Waals surface area contributed by atoms with Crippen LogP contribution < -0.4 is 5.32 Å². The topological polar surface area (TPSA) is 66.5 Å². The molecule has 0 saturated carbocycles. The lowest BCUT2D eigenvalue weighted by atomic mass is 10.0. The molecule has 23 heavy (non-hydrogen) atoms. The fourth-order valence-electron chi connectivity index (χ4n) is 2.57. The molecule has 6 heteroatoms. The van der Waals surface area contributed by atoms with Crippen LogP contribution in [0.25, 0.3) is 0 Å². The molecule has 0 bridgehead atoms. The molecule has 0 spiro atoms. The molecule has 0 radical (unpaired) electrons. The van der Waals surface area contributed by atoms with Crippen molar-refractivity contribution in [3.05, 3.63) is 29.8 Å². The highest BCUT2D eigenvalue weighted by Crippen LogP contribution is 2.23. The lowest BCUT2D eigenvalue weighted by molar-refractivity contribution is 0.0949. The van der Waals surface area contributed by atoms with E-state index in [4.69, 9.17) is 0 Å². The molecule has 1 aromatic rings. The minimum atomic E-state index is -3.52. The molecule has 1 fully saturated rings. The molecule has 1 N–H and O–H groups in total. The van der Waals surface area contributed by atoms with Crippen LogP contribution in [-0.4, -0.2) is 38.3 Å². The number of carbonyl (C=O) groups is 1. The van der Waals surface area contributed by atoms with Gasteiger partial charge in [0.15, 0.2) is 0 Å². The molecule has 1 aliphatic heterocycles. The highest BCUT2D eigenvalue weighted by molar-refractivity contribution is 7.89. The summed E-state index contributed by atoms with van der Waals surface area (Å²) in [5.74, 6) is 0.679. The van der Waals surface area contributed by atoms with E-state index in [1.54, 1.807) is 18.2 Å². The second-order valence-corrected chi connectivity index (χ2v) is 8.66. The van der Waals surface area contributed by atoms with Gasteiger partial charge in [-0.05, 0) is 42.9 Å². The summed E-state index contributed by atoms with van der Waals surface area (Å²) in [6, 6.07) is 6.31. The minimum absolute atomic E-state index is 0.198. The van der Waals surface area contributed by atoms with Gasteiger partial charge in [-0.15, -0.1) is 0 Å². The van der Waals surface area contributed by atoms with Crippen LogP contribution >= 0.6 is 0 Å². The van der Waals surface area contributed by atoms with Crippen LogP contribution in [0.3, 0.4) is 0 Å². The largest absolute Gasteiger partial charge is 0.352 e. The number of nitrogens with one attached hydrogen (secondary N) is 1. The van der Waals surface area contributed by atoms with Crippen molar-refractivity contribution in [1.82, 2.24) is 9.62 Å². The molecule has 0 atom stereocenters. The molecule has 0 aliphatic carbocycles. The standard InChI is InChI=1S/C17H26N2O3S/c1-13(2)12-18-17(20)15-5-4-6-16(11-15)23(21,22)19-9-7-14(3)8-10-19/h4-6,11,13-14H,7-10,12H2,1-3H3,(H,18,20). The molecule has 1 amide bonds. The third-order valence-electron chi connectivity index (χ3n) is 4.15. The summed E-state index contributed by atoms with van der Waals surface area (Å²) in [6.45, 7) is 7.83. The van der Waals surface area contributed by atoms with Crippen molar-refractivity contribution in [2.45, 2.75) is 38.5 Å². The molecule has 2 rings (SSSR count). The van der Waals surface area contributed by atoms with E-state index < -0.39 is 10.0 Å². The van der Waals surface area contributed by atoms with E-state index in [0.29, 0.717) is 37.0 Å². The summed E-state index contributed by atoms with van der Waals surface area (Å²) in [5, 5.41) is 2.82. The number of amides is 1. The minimum Gasteiger partial charge on any atom is -0.352 e. The van der Waals surface area contributed by atoms with E-state index in [2.05, 4.69) is 12.2 Å². The Morgan fingerprint density at radius 1 is 1.30 bits per heavy atom. The fraction of sp³-hybridized carbons (Fsp3) is 0.588. The number of carbonyl (C=O) groups excluding carboxylic acids is 1. The Bertz CT molecular complexity index is 648. The first-order valence-corrected chi connectivity index (χ1v) is 9.63. The molecular formula is C17H26N2O3S. The van der Waals surface area contributed by atoms with Crippen LogP contribution in [0.4, 0.5) is 0 Å². The summed E-state index contributed by atoms with van der Waals surface area (Å²) in [6.07, 6.45) is 1.77. The highest BCUT2D eigenvalue weighted by atomic mass is 32.2. The van der Waals surface area contributed by atoms with Crippen LogP contribution in [0.1, 0.15) is 44.0 Å². The molecule has 128 valence electrons. The maximum Gasteiger partial charge on any atom is 0.251 e. The molecule has 1 aliphatic rings. The summed E-state index contributed by atoms with van der Waals surface area (Å²) in [7, 11) is -3.52. The van der Waals surface area contributed by atoms with E-state index in [1.165, 1.54) is 10.4 Å². The van der Waals surface area contributed by atoms with E-state index in [1.807, 2.05) is 13.8 Å². The van der Waals surface area contributed by atoms with Gasteiger partial charge in [-0.2, -0.15) is 4.31 Å². The summed E-state index contributed by atoms with van der Waals surface area (Å²) >= 11 is 0. The molecule has 5 nitrogen and oxygen atoms in total. The van der Waals surface area contributed by atoms with E-state index in [-0.39, 0.29) is 10.8 Å². The average Bonchev–Trinajstić information content (AvgIpc) is 2.53. The Kier molecular flexibility index (Phi) is 5.81. The molecule has 1 aromatic carbocycles. The van der Waals surface area contributed by atoms with E-state index in [9.17, 15) is 13.2 Å². The van der Waals surface area contributed by atoms with Crippen molar-refractivity contribution in [3.63, 3.8) is 0 Å². The number of piperidine rings is 1. The van der Waals surface area contributed by atoms with Crippen LogP contribution in [0.15, 0.2) is 29.2 Å². The first kappa shape index (κ1) is 17.9. The number of rotatable bonds is 5. The van der Waals surface area contributed by atoms with Crippen molar-refractivity contribution >= 4 is 15.9 Å². The van der Waals surface area contributed by atoms with Gasteiger partial charge in [-0.3, -0.25) is 4.79 Å².